The van der Waals surface area contributed by atoms with Crippen LogP contribution in [0.15, 0.2) is 41.0 Å². The minimum Gasteiger partial charge on any atom is -0.0670 e. The summed E-state index contributed by atoms with van der Waals surface area (Å²) in [4.78, 5) is 0. The fourth-order valence-corrected chi connectivity index (χ4v) is 3.43. The fraction of sp³-hybridized carbons (Fsp3) is 0.565. The van der Waals surface area contributed by atoms with Crippen LogP contribution in [0.3, 0.4) is 0 Å². The van der Waals surface area contributed by atoms with Crippen LogP contribution in [0.2, 0.25) is 0 Å². The van der Waals surface area contributed by atoms with Crippen LogP contribution in [-0.4, -0.2) is 0 Å². The smallest absolute Gasteiger partial charge is 0.0321 e. The Balaban J connectivity index is 2.74. The highest BCUT2D eigenvalue weighted by molar-refractivity contribution is 5.56. The van der Waals surface area contributed by atoms with Gasteiger partial charge in [0.1, 0.15) is 0 Å². The SMILES string of the molecule is CC1=CC(C)(c2cc(C(C)(C)C)cc(C(C)(C)C)c2)C(C)=C1C. The van der Waals surface area contributed by atoms with E-state index in [0.717, 1.165) is 0 Å². The Kier molecular flexibility index (Phi) is 4.21. The first-order chi connectivity index (χ1) is 10.3. The first kappa shape index (κ1) is 18.0. The van der Waals surface area contributed by atoms with E-state index >= 15 is 0 Å². The molecule has 1 atom stereocenters. The lowest BCUT2D eigenvalue weighted by Crippen LogP contribution is -2.23. The van der Waals surface area contributed by atoms with Crippen molar-refractivity contribution < 1.29 is 0 Å². The zero-order valence-corrected chi connectivity index (χ0v) is 16.8. The molecular formula is C23H34. The van der Waals surface area contributed by atoms with Crippen LogP contribution in [0.25, 0.3) is 0 Å². The van der Waals surface area contributed by atoms with Crippen molar-refractivity contribution in [3.8, 4) is 0 Å². The molecule has 1 aromatic carbocycles. The van der Waals surface area contributed by atoms with Crippen molar-refractivity contribution >= 4 is 0 Å². The monoisotopic (exact) mass is 310 g/mol. The number of hydrogen-bond donors (Lipinski definition) is 0. The van der Waals surface area contributed by atoms with Gasteiger partial charge in [0.25, 0.3) is 0 Å². The lowest BCUT2D eigenvalue weighted by atomic mass is 9.72. The zero-order valence-electron chi connectivity index (χ0n) is 16.8. The molecule has 0 N–H and O–H groups in total. The number of hydrogen-bond acceptors (Lipinski definition) is 0. The van der Waals surface area contributed by atoms with E-state index in [-0.39, 0.29) is 16.2 Å². The molecule has 0 saturated heterocycles. The summed E-state index contributed by atoms with van der Waals surface area (Å²) in [6.45, 7) is 23.0. The van der Waals surface area contributed by atoms with Gasteiger partial charge in [0.2, 0.25) is 0 Å². The second kappa shape index (κ2) is 5.36. The van der Waals surface area contributed by atoms with Gasteiger partial charge in [-0.05, 0) is 60.8 Å². The van der Waals surface area contributed by atoms with Gasteiger partial charge in [0.05, 0.1) is 0 Å². The first-order valence-corrected chi connectivity index (χ1v) is 8.81. The Bertz CT molecular complexity index is 651. The Morgan fingerprint density at radius 3 is 1.48 bits per heavy atom. The van der Waals surface area contributed by atoms with Crippen LogP contribution >= 0.6 is 0 Å². The molecule has 0 bridgehead atoms. The van der Waals surface area contributed by atoms with E-state index in [9.17, 15) is 0 Å². The highest BCUT2D eigenvalue weighted by Gasteiger charge is 2.34. The molecule has 0 amide bonds. The Morgan fingerprint density at radius 1 is 0.739 bits per heavy atom. The molecule has 1 aliphatic carbocycles. The van der Waals surface area contributed by atoms with Crippen molar-refractivity contribution in [2.75, 3.05) is 0 Å². The summed E-state index contributed by atoms with van der Waals surface area (Å²) in [5.41, 5.74) is 9.01. The predicted octanol–water partition coefficient (Wildman–Crippen LogP) is 6.84. The molecular weight excluding hydrogens is 276 g/mol. The van der Waals surface area contributed by atoms with Gasteiger partial charge >= 0.3 is 0 Å². The maximum absolute atomic E-state index is 2.45. The maximum atomic E-state index is 2.45. The van der Waals surface area contributed by atoms with Crippen molar-refractivity contribution in [3.05, 3.63) is 57.7 Å². The molecule has 0 saturated carbocycles. The minimum atomic E-state index is 0.0232. The summed E-state index contributed by atoms with van der Waals surface area (Å²) in [6.07, 6.45) is 2.45. The normalized spacial score (nSPS) is 22.6. The van der Waals surface area contributed by atoms with Crippen molar-refractivity contribution in [3.63, 3.8) is 0 Å². The molecule has 0 aromatic heterocycles. The average Bonchev–Trinajstić information content (AvgIpc) is 2.61. The molecule has 0 nitrogen and oxygen atoms in total. The van der Waals surface area contributed by atoms with Crippen molar-refractivity contribution in [1.82, 2.24) is 0 Å². The van der Waals surface area contributed by atoms with Gasteiger partial charge < -0.3 is 0 Å². The third-order valence-electron chi connectivity index (χ3n) is 5.70. The van der Waals surface area contributed by atoms with E-state index < -0.39 is 0 Å². The molecule has 2 rings (SSSR count). The van der Waals surface area contributed by atoms with Gasteiger partial charge in [-0.25, -0.2) is 0 Å². The fourth-order valence-electron chi connectivity index (χ4n) is 3.43. The third kappa shape index (κ3) is 3.18. The van der Waals surface area contributed by atoms with E-state index in [2.05, 4.69) is 93.5 Å². The van der Waals surface area contributed by atoms with E-state index in [1.54, 1.807) is 0 Å². The van der Waals surface area contributed by atoms with Gasteiger partial charge in [-0.1, -0.05) is 77.0 Å². The Labute approximate surface area is 143 Å². The van der Waals surface area contributed by atoms with Gasteiger partial charge in [-0.2, -0.15) is 0 Å². The summed E-state index contributed by atoms with van der Waals surface area (Å²) in [5.74, 6) is 0. The molecule has 1 aliphatic rings. The largest absolute Gasteiger partial charge is 0.0670 e. The molecule has 0 radical (unpaired) electrons. The van der Waals surface area contributed by atoms with Crippen molar-refractivity contribution in [2.24, 2.45) is 0 Å². The molecule has 0 heterocycles. The molecule has 0 heteroatoms. The van der Waals surface area contributed by atoms with Gasteiger partial charge in [-0.15, -0.1) is 0 Å². The van der Waals surface area contributed by atoms with Crippen molar-refractivity contribution in [2.45, 2.75) is 85.5 Å². The van der Waals surface area contributed by atoms with E-state index in [1.807, 2.05) is 0 Å². The van der Waals surface area contributed by atoms with Crippen molar-refractivity contribution in [1.29, 1.82) is 0 Å². The molecule has 1 aromatic rings. The Morgan fingerprint density at radius 2 is 1.17 bits per heavy atom. The number of benzene rings is 1. The molecule has 0 fully saturated rings. The standard InChI is InChI=1S/C23H34/c1-15-14-23(10,17(3)16(15)2)20-12-18(21(4,5)6)11-19(13-20)22(7,8)9/h11-14H,1-10H3. The topological polar surface area (TPSA) is 0 Å². The predicted molar refractivity (Wildman–Crippen MR) is 103 cm³/mol. The number of rotatable bonds is 1. The lowest BCUT2D eigenvalue weighted by Gasteiger charge is -2.32. The van der Waals surface area contributed by atoms with E-state index in [4.69, 9.17) is 0 Å². The van der Waals surface area contributed by atoms with Gasteiger partial charge in [0, 0.05) is 5.41 Å². The summed E-state index contributed by atoms with van der Waals surface area (Å²) in [7, 11) is 0. The van der Waals surface area contributed by atoms with Gasteiger partial charge in [-0.3, -0.25) is 0 Å². The van der Waals surface area contributed by atoms with E-state index in [0.29, 0.717) is 0 Å². The second-order valence-electron chi connectivity index (χ2n) is 9.58. The molecule has 1 unspecified atom stereocenters. The van der Waals surface area contributed by atoms with E-state index in [1.165, 1.54) is 33.4 Å². The molecule has 0 aliphatic heterocycles. The highest BCUT2D eigenvalue weighted by Crippen LogP contribution is 2.45. The summed E-state index contributed by atoms with van der Waals surface area (Å²) >= 11 is 0. The third-order valence-corrected chi connectivity index (χ3v) is 5.70. The summed E-state index contributed by atoms with van der Waals surface area (Å²) < 4.78 is 0. The van der Waals surface area contributed by atoms with Crippen LogP contribution < -0.4 is 0 Å². The van der Waals surface area contributed by atoms with Gasteiger partial charge in [0.15, 0.2) is 0 Å². The lowest BCUT2D eigenvalue weighted by molar-refractivity contribution is 0.562. The highest BCUT2D eigenvalue weighted by atomic mass is 14.4. The quantitative estimate of drug-likeness (QED) is 0.533. The van der Waals surface area contributed by atoms with Crippen LogP contribution in [0.4, 0.5) is 0 Å². The zero-order chi connectivity index (χ0) is 17.8. The maximum Gasteiger partial charge on any atom is 0.0321 e. The van der Waals surface area contributed by atoms with Crippen LogP contribution in [0, 0.1) is 0 Å². The average molecular weight is 311 g/mol. The molecule has 0 spiro atoms. The van der Waals surface area contributed by atoms with Crippen LogP contribution in [0.1, 0.15) is 85.9 Å². The summed E-state index contributed by atoms with van der Waals surface area (Å²) in [6, 6.07) is 7.27. The first-order valence-electron chi connectivity index (χ1n) is 8.81. The molecule has 126 valence electrons. The van der Waals surface area contributed by atoms with Crippen LogP contribution in [-0.2, 0) is 16.2 Å². The summed E-state index contributed by atoms with van der Waals surface area (Å²) in [5, 5.41) is 0. The van der Waals surface area contributed by atoms with Crippen LogP contribution in [0.5, 0.6) is 0 Å². The number of allylic oxidation sites excluding steroid dienone is 4. The Hall–Kier alpha value is -1.30. The second-order valence-corrected chi connectivity index (χ2v) is 9.58. The molecule has 23 heavy (non-hydrogen) atoms. The minimum absolute atomic E-state index is 0.0232.